The molecule has 1 atom stereocenters. The molecule has 2 saturated heterocycles. The molecule has 0 amide bonds. The van der Waals surface area contributed by atoms with Gasteiger partial charge in [0.05, 0.1) is 18.9 Å². The molecule has 0 aromatic carbocycles. The number of anilines is 2. The highest BCUT2D eigenvalue weighted by molar-refractivity contribution is 7.88. The van der Waals surface area contributed by atoms with Crippen molar-refractivity contribution in [2.45, 2.75) is 44.2 Å². The molecule has 0 bridgehead atoms. The van der Waals surface area contributed by atoms with Crippen LogP contribution in [0.5, 0.6) is 0 Å². The lowest BCUT2D eigenvalue weighted by Gasteiger charge is -2.36. The van der Waals surface area contributed by atoms with Crippen molar-refractivity contribution in [2.75, 3.05) is 42.7 Å². The number of nitrogens with zero attached hydrogens (tertiary/aromatic N) is 4. The van der Waals surface area contributed by atoms with Crippen LogP contribution in [0.25, 0.3) is 10.8 Å². The number of pyridine rings is 2. The molecule has 2 aromatic heterocycles. The van der Waals surface area contributed by atoms with Crippen LogP contribution in [-0.4, -0.2) is 72.4 Å². The van der Waals surface area contributed by atoms with E-state index in [1.165, 1.54) is 10.6 Å². The van der Waals surface area contributed by atoms with Crippen molar-refractivity contribution < 1.29 is 13.5 Å². The zero-order valence-electron chi connectivity index (χ0n) is 16.8. The summed E-state index contributed by atoms with van der Waals surface area (Å²) in [5, 5.41) is 15.3. The Morgan fingerprint density at radius 3 is 2.69 bits per heavy atom. The molecule has 0 radical (unpaired) electrons. The molecule has 1 unspecified atom stereocenters. The smallest absolute Gasteiger partial charge is 0.211 e. The number of aliphatic hydroxyl groups excluding tert-OH is 1. The minimum absolute atomic E-state index is 0.103. The number of fused-ring (bicyclic) bond motifs is 1. The van der Waals surface area contributed by atoms with E-state index in [1.54, 1.807) is 6.20 Å². The minimum Gasteiger partial charge on any atom is -0.394 e. The number of sulfonamides is 1. The predicted octanol–water partition coefficient (Wildman–Crippen LogP) is 1.82. The maximum absolute atomic E-state index is 11.7. The lowest BCUT2D eigenvalue weighted by Crippen LogP contribution is -2.42. The Labute approximate surface area is 172 Å². The van der Waals surface area contributed by atoms with Crippen molar-refractivity contribution in [2.24, 2.45) is 0 Å². The monoisotopic (exact) mass is 419 g/mol. The average Bonchev–Trinajstić information content (AvgIpc) is 2.73. The Hall–Kier alpha value is -1.97. The summed E-state index contributed by atoms with van der Waals surface area (Å²) >= 11 is 0. The first kappa shape index (κ1) is 20.3. The summed E-state index contributed by atoms with van der Waals surface area (Å²) in [4.78, 5) is 11.4. The summed E-state index contributed by atoms with van der Waals surface area (Å²) < 4.78 is 24.9. The van der Waals surface area contributed by atoms with Crippen molar-refractivity contribution in [3.8, 4) is 0 Å². The van der Waals surface area contributed by atoms with E-state index in [0.29, 0.717) is 13.1 Å². The summed E-state index contributed by atoms with van der Waals surface area (Å²) in [7, 11) is -3.12. The van der Waals surface area contributed by atoms with Gasteiger partial charge >= 0.3 is 0 Å². The first-order chi connectivity index (χ1) is 14.0. The zero-order valence-corrected chi connectivity index (χ0v) is 17.6. The molecule has 2 aliphatic heterocycles. The van der Waals surface area contributed by atoms with Crippen molar-refractivity contribution in [1.29, 1.82) is 0 Å². The zero-order chi connectivity index (χ0) is 20.4. The van der Waals surface area contributed by atoms with Crippen molar-refractivity contribution in [3.63, 3.8) is 0 Å². The summed E-state index contributed by atoms with van der Waals surface area (Å²) in [6.07, 6.45) is 9.64. The largest absolute Gasteiger partial charge is 0.394 e. The average molecular weight is 420 g/mol. The molecule has 0 saturated carbocycles. The van der Waals surface area contributed by atoms with Crippen molar-refractivity contribution in [3.05, 3.63) is 24.5 Å². The number of nitrogens with one attached hydrogen (secondary N) is 1. The number of piperidine rings is 2. The number of hydrogen-bond acceptors (Lipinski definition) is 7. The number of hydrogen-bond donors (Lipinski definition) is 2. The van der Waals surface area contributed by atoms with Crippen LogP contribution < -0.4 is 10.2 Å². The second-order valence-corrected chi connectivity index (χ2v) is 10.0. The molecule has 2 N–H and O–H groups in total. The Morgan fingerprint density at radius 1 is 1.17 bits per heavy atom. The number of aromatic nitrogens is 2. The second-order valence-electron chi connectivity index (χ2n) is 8.03. The van der Waals surface area contributed by atoms with Gasteiger partial charge in [0.1, 0.15) is 11.6 Å². The first-order valence-corrected chi connectivity index (χ1v) is 12.1. The normalized spacial score (nSPS) is 22.1. The summed E-state index contributed by atoms with van der Waals surface area (Å²) in [5.74, 6) is 1.68. The molecule has 4 rings (SSSR count). The van der Waals surface area contributed by atoms with Gasteiger partial charge in [0.25, 0.3) is 0 Å². The molecular weight excluding hydrogens is 390 g/mol. The van der Waals surface area contributed by atoms with E-state index >= 15 is 0 Å². The van der Waals surface area contributed by atoms with Crippen LogP contribution in [0.15, 0.2) is 24.5 Å². The fourth-order valence-electron chi connectivity index (χ4n) is 4.37. The molecule has 8 nitrogen and oxygen atoms in total. The van der Waals surface area contributed by atoms with Gasteiger partial charge in [0.2, 0.25) is 10.0 Å². The third kappa shape index (κ3) is 4.46. The maximum Gasteiger partial charge on any atom is 0.211 e. The molecule has 0 aliphatic carbocycles. The minimum atomic E-state index is -3.12. The Kier molecular flexibility index (Phi) is 5.89. The lowest BCUT2D eigenvalue weighted by molar-refractivity contribution is 0.239. The van der Waals surface area contributed by atoms with E-state index in [0.717, 1.165) is 61.1 Å². The van der Waals surface area contributed by atoms with Crippen LogP contribution in [0.3, 0.4) is 0 Å². The van der Waals surface area contributed by atoms with Gasteiger partial charge < -0.3 is 15.3 Å². The van der Waals surface area contributed by atoms with Crippen LogP contribution in [0.2, 0.25) is 0 Å². The predicted molar refractivity (Wildman–Crippen MR) is 115 cm³/mol. The topological polar surface area (TPSA) is 98.7 Å². The number of aliphatic hydroxyl groups is 1. The van der Waals surface area contributed by atoms with E-state index in [2.05, 4.69) is 20.2 Å². The molecule has 4 heterocycles. The van der Waals surface area contributed by atoms with E-state index in [-0.39, 0.29) is 18.7 Å². The highest BCUT2D eigenvalue weighted by atomic mass is 32.2. The quantitative estimate of drug-likeness (QED) is 0.763. The molecule has 0 spiro atoms. The van der Waals surface area contributed by atoms with Crippen LogP contribution in [0, 0.1) is 0 Å². The van der Waals surface area contributed by atoms with Crippen molar-refractivity contribution >= 4 is 32.4 Å². The third-order valence-corrected chi connectivity index (χ3v) is 7.31. The summed E-state index contributed by atoms with van der Waals surface area (Å²) in [6.45, 7) is 2.09. The van der Waals surface area contributed by atoms with Gasteiger partial charge in [-0.3, -0.25) is 0 Å². The lowest BCUT2D eigenvalue weighted by atomic mass is 10.0. The van der Waals surface area contributed by atoms with Crippen LogP contribution in [0.1, 0.15) is 32.1 Å². The highest BCUT2D eigenvalue weighted by Gasteiger charge is 2.26. The maximum atomic E-state index is 11.7. The fourth-order valence-corrected chi connectivity index (χ4v) is 5.24. The van der Waals surface area contributed by atoms with Gasteiger partial charge in [-0.15, -0.1) is 0 Å². The van der Waals surface area contributed by atoms with Gasteiger partial charge in [-0.2, -0.15) is 0 Å². The fraction of sp³-hybridized carbons (Fsp3) is 0.600. The summed E-state index contributed by atoms with van der Waals surface area (Å²) in [6, 6.07) is 4.28. The molecular formula is C20H29N5O3S. The molecule has 29 heavy (non-hydrogen) atoms. The molecule has 2 aromatic rings. The third-order valence-electron chi connectivity index (χ3n) is 6.01. The van der Waals surface area contributed by atoms with Gasteiger partial charge in [-0.05, 0) is 44.2 Å². The van der Waals surface area contributed by atoms with Crippen LogP contribution in [0.4, 0.5) is 11.6 Å². The second kappa shape index (κ2) is 8.41. The van der Waals surface area contributed by atoms with E-state index in [4.69, 9.17) is 0 Å². The molecule has 9 heteroatoms. The van der Waals surface area contributed by atoms with E-state index in [1.807, 2.05) is 18.3 Å². The number of rotatable bonds is 5. The standard InChI is InChI=1S/C20H29N5O3S/c1-29(27,28)24-10-6-16(7-11-24)23-19-12-18-15(13-22-19)5-8-21-20(18)25-9-3-2-4-17(25)14-26/h5,8,12-13,16-17,26H,2-4,6-7,9-11,14H2,1H3,(H,22,23). The highest BCUT2D eigenvalue weighted by Crippen LogP contribution is 2.31. The molecule has 2 aliphatic rings. The van der Waals surface area contributed by atoms with Gasteiger partial charge in [0.15, 0.2) is 0 Å². The van der Waals surface area contributed by atoms with Gasteiger partial charge in [-0.1, -0.05) is 0 Å². The van der Waals surface area contributed by atoms with Crippen LogP contribution >= 0.6 is 0 Å². The molecule has 158 valence electrons. The summed E-state index contributed by atoms with van der Waals surface area (Å²) in [5.41, 5.74) is 0. The van der Waals surface area contributed by atoms with Crippen molar-refractivity contribution in [1.82, 2.24) is 14.3 Å². The van der Waals surface area contributed by atoms with E-state index < -0.39 is 10.0 Å². The van der Waals surface area contributed by atoms with E-state index in [9.17, 15) is 13.5 Å². The SMILES string of the molecule is CS(=O)(=O)N1CCC(Nc2cc3c(N4CCCCC4CO)nccc3cn2)CC1. The Morgan fingerprint density at radius 2 is 1.97 bits per heavy atom. The Bertz CT molecular complexity index is 960. The molecule has 2 fully saturated rings. The first-order valence-electron chi connectivity index (χ1n) is 10.3. The van der Waals surface area contributed by atoms with Gasteiger partial charge in [-0.25, -0.2) is 22.7 Å². The van der Waals surface area contributed by atoms with Gasteiger partial charge in [0, 0.05) is 48.8 Å². The van der Waals surface area contributed by atoms with Crippen LogP contribution in [-0.2, 0) is 10.0 Å². The Balaban J connectivity index is 1.55.